The van der Waals surface area contributed by atoms with Crippen LogP contribution in [0.5, 0.6) is 5.75 Å². The van der Waals surface area contributed by atoms with Gasteiger partial charge in [0.05, 0.1) is 30.5 Å². The highest BCUT2D eigenvalue weighted by molar-refractivity contribution is 6.03. The first-order valence-electron chi connectivity index (χ1n) is 14.1. The Balaban J connectivity index is 1.54. The molecular formula is C31H41N5O5. The third-order valence-electron chi connectivity index (χ3n) is 6.95. The second kappa shape index (κ2) is 16.0. The molecule has 1 fully saturated rings. The summed E-state index contributed by atoms with van der Waals surface area (Å²) in [6.07, 6.45) is 6.92. The fourth-order valence-electron chi connectivity index (χ4n) is 4.62. The van der Waals surface area contributed by atoms with E-state index in [1.54, 1.807) is 20.3 Å². The summed E-state index contributed by atoms with van der Waals surface area (Å²) in [6.45, 7) is 6.52. The fraction of sp³-hybridized carbons (Fsp3) is 0.452. The van der Waals surface area contributed by atoms with Crippen LogP contribution in [0.4, 0.5) is 11.5 Å². The van der Waals surface area contributed by atoms with Gasteiger partial charge in [-0.1, -0.05) is 36.4 Å². The van der Waals surface area contributed by atoms with Crippen molar-refractivity contribution in [3.63, 3.8) is 0 Å². The third kappa shape index (κ3) is 9.22. The molecule has 0 bridgehead atoms. The molecule has 10 nitrogen and oxygen atoms in total. The molecule has 1 unspecified atom stereocenters. The molecule has 0 radical (unpaired) electrons. The van der Waals surface area contributed by atoms with Crippen molar-refractivity contribution in [3.05, 3.63) is 66.5 Å². The molecule has 1 saturated heterocycles. The van der Waals surface area contributed by atoms with Gasteiger partial charge in [0.15, 0.2) is 0 Å². The molecule has 10 heteroatoms. The number of hydrogen-bond donors (Lipinski definition) is 2. The van der Waals surface area contributed by atoms with Gasteiger partial charge in [0.1, 0.15) is 24.5 Å². The van der Waals surface area contributed by atoms with Crippen LogP contribution in [-0.4, -0.2) is 87.2 Å². The van der Waals surface area contributed by atoms with Gasteiger partial charge in [0, 0.05) is 64.0 Å². The highest BCUT2D eigenvalue weighted by atomic mass is 16.5. The molecule has 0 spiro atoms. The first-order chi connectivity index (χ1) is 20.1. The topological polar surface area (TPSA) is 107 Å². The van der Waals surface area contributed by atoms with Gasteiger partial charge in [0.25, 0.3) is 0 Å². The number of hydrogen-bond acceptors (Lipinski definition) is 9. The van der Waals surface area contributed by atoms with E-state index in [4.69, 9.17) is 18.9 Å². The number of benzene rings is 2. The van der Waals surface area contributed by atoms with Crippen molar-refractivity contribution in [1.82, 2.24) is 14.9 Å². The van der Waals surface area contributed by atoms with Crippen LogP contribution in [0.25, 0.3) is 10.9 Å². The highest BCUT2D eigenvalue weighted by Crippen LogP contribution is 2.34. The standard InChI is InChI=1S/C31H41N5O5/c1-23(24-9-5-4-6-10-24)34-31-26-19-28(35-30(37)12-7-13-36(14-17-38-2)15-18-39-3)29(20-27(26)32-22-33-31)41-21-25-11-8-16-40-25/h4-7,9-10,12,19-20,22-23,25H,8,11,13-18,21H2,1-3H3,(H,35,37)(H,32,33,34)/b12-7+/t23-,25?/m1/s1. The van der Waals surface area contributed by atoms with E-state index in [0.29, 0.717) is 49.1 Å². The van der Waals surface area contributed by atoms with Gasteiger partial charge in [-0.05, 0) is 31.4 Å². The Morgan fingerprint density at radius 3 is 2.63 bits per heavy atom. The number of rotatable bonds is 16. The SMILES string of the molecule is COCCN(C/C=C/C(=O)Nc1cc2c(N[C@H](C)c3ccccc3)ncnc2cc1OCC1CCCO1)CCOC. The van der Waals surface area contributed by atoms with Crippen LogP contribution in [0.2, 0.25) is 0 Å². The number of aromatic nitrogens is 2. The molecule has 220 valence electrons. The van der Waals surface area contributed by atoms with E-state index in [1.807, 2.05) is 36.4 Å². The zero-order valence-electron chi connectivity index (χ0n) is 24.2. The maximum Gasteiger partial charge on any atom is 0.248 e. The smallest absolute Gasteiger partial charge is 0.248 e. The molecule has 2 heterocycles. The van der Waals surface area contributed by atoms with E-state index in [0.717, 1.165) is 43.5 Å². The Hall–Kier alpha value is -3.57. The quantitative estimate of drug-likeness (QED) is 0.245. The monoisotopic (exact) mass is 563 g/mol. The summed E-state index contributed by atoms with van der Waals surface area (Å²) in [5.41, 5.74) is 2.40. The van der Waals surface area contributed by atoms with Crippen LogP contribution in [0.3, 0.4) is 0 Å². The number of amides is 1. The normalized spacial score (nSPS) is 16.0. The molecule has 0 saturated carbocycles. The van der Waals surface area contributed by atoms with Crippen molar-refractivity contribution in [3.8, 4) is 5.75 Å². The molecule has 1 aromatic heterocycles. The van der Waals surface area contributed by atoms with Gasteiger partial charge in [-0.15, -0.1) is 0 Å². The average molecular weight is 564 g/mol. The van der Waals surface area contributed by atoms with Crippen LogP contribution >= 0.6 is 0 Å². The number of methoxy groups -OCH3 is 2. The Kier molecular flexibility index (Phi) is 11.9. The summed E-state index contributed by atoms with van der Waals surface area (Å²) in [4.78, 5) is 24.2. The first kappa shape index (κ1) is 30.4. The lowest BCUT2D eigenvalue weighted by atomic mass is 10.1. The predicted molar refractivity (Wildman–Crippen MR) is 160 cm³/mol. The minimum Gasteiger partial charge on any atom is -0.489 e. The largest absolute Gasteiger partial charge is 0.489 e. The van der Waals surface area contributed by atoms with Crippen molar-refractivity contribution in [1.29, 1.82) is 0 Å². The molecular weight excluding hydrogens is 522 g/mol. The minimum atomic E-state index is -0.256. The van der Waals surface area contributed by atoms with Crippen LogP contribution in [0, 0.1) is 0 Å². The molecule has 41 heavy (non-hydrogen) atoms. The van der Waals surface area contributed by atoms with Gasteiger partial charge in [-0.25, -0.2) is 9.97 Å². The summed E-state index contributed by atoms with van der Waals surface area (Å²) in [5, 5.41) is 7.28. The van der Waals surface area contributed by atoms with Gasteiger partial charge in [-0.3, -0.25) is 9.69 Å². The van der Waals surface area contributed by atoms with Crippen molar-refractivity contribution in [2.75, 3.05) is 70.9 Å². The van der Waals surface area contributed by atoms with Crippen LogP contribution in [0.1, 0.15) is 31.4 Å². The number of nitrogens with zero attached hydrogens (tertiary/aromatic N) is 3. The van der Waals surface area contributed by atoms with Crippen LogP contribution in [-0.2, 0) is 19.0 Å². The lowest BCUT2D eigenvalue weighted by Crippen LogP contribution is -2.31. The van der Waals surface area contributed by atoms with Gasteiger partial charge in [0.2, 0.25) is 5.91 Å². The van der Waals surface area contributed by atoms with Gasteiger partial charge < -0.3 is 29.6 Å². The molecule has 1 amide bonds. The molecule has 0 aliphatic carbocycles. The van der Waals surface area contributed by atoms with Crippen molar-refractivity contribution in [2.45, 2.75) is 31.9 Å². The molecule has 3 aromatic rings. The van der Waals surface area contributed by atoms with Crippen LogP contribution < -0.4 is 15.4 Å². The lowest BCUT2D eigenvalue weighted by molar-refractivity contribution is -0.111. The minimum absolute atomic E-state index is 0.0184. The predicted octanol–water partition coefficient (Wildman–Crippen LogP) is 4.45. The zero-order chi connectivity index (χ0) is 28.9. The zero-order valence-corrected chi connectivity index (χ0v) is 24.2. The second-order valence-electron chi connectivity index (χ2n) is 9.99. The molecule has 2 N–H and O–H groups in total. The third-order valence-corrected chi connectivity index (χ3v) is 6.95. The summed E-state index contributed by atoms with van der Waals surface area (Å²) < 4.78 is 22.3. The fourth-order valence-corrected chi connectivity index (χ4v) is 4.62. The Morgan fingerprint density at radius 1 is 1.15 bits per heavy atom. The molecule has 2 aromatic carbocycles. The molecule has 4 rings (SSSR count). The van der Waals surface area contributed by atoms with E-state index in [-0.39, 0.29) is 18.1 Å². The van der Waals surface area contributed by atoms with E-state index in [2.05, 4.69) is 44.6 Å². The van der Waals surface area contributed by atoms with Crippen molar-refractivity contribution < 1.29 is 23.7 Å². The number of carbonyl (C=O) groups excluding carboxylic acids is 1. The molecule has 2 atom stereocenters. The van der Waals surface area contributed by atoms with E-state index in [1.165, 1.54) is 6.33 Å². The van der Waals surface area contributed by atoms with Gasteiger partial charge in [-0.2, -0.15) is 0 Å². The summed E-state index contributed by atoms with van der Waals surface area (Å²) in [5.74, 6) is 0.959. The average Bonchev–Trinajstić information content (AvgIpc) is 3.52. The summed E-state index contributed by atoms with van der Waals surface area (Å²) in [7, 11) is 3.35. The lowest BCUT2D eigenvalue weighted by Gasteiger charge is -2.19. The number of carbonyl (C=O) groups is 1. The Bertz CT molecular complexity index is 1260. The van der Waals surface area contributed by atoms with E-state index in [9.17, 15) is 4.79 Å². The van der Waals surface area contributed by atoms with Crippen molar-refractivity contribution >= 4 is 28.3 Å². The Labute approximate surface area is 242 Å². The molecule has 1 aliphatic heterocycles. The number of fused-ring (bicyclic) bond motifs is 1. The van der Waals surface area contributed by atoms with E-state index < -0.39 is 0 Å². The molecule has 1 aliphatic rings. The first-order valence-corrected chi connectivity index (χ1v) is 14.1. The van der Waals surface area contributed by atoms with Gasteiger partial charge >= 0.3 is 0 Å². The second-order valence-corrected chi connectivity index (χ2v) is 9.99. The highest BCUT2D eigenvalue weighted by Gasteiger charge is 2.19. The number of nitrogens with one attached hydrogen (secondary N) is 2. The van der Waals surface area contributed by atoms with E-state index >= 15 is 0 Å². The summed E-state index contributed by atoms with van der Waals surface area (Å²) in [6, 6.07) is 13.9. The number of anilines is 2. The number of ether oxygens (including phenoxy) is 4. The Morgan fingerprint density at radius 2 is 1.93 bits per heavy atom. The van der Waals surface area contributed by atoms with Crippen LogP contribution in [0.15, 0.2) is 60.9 Å². The maximum atomic E-state index is 13.0. The maximum absolute atomic E-state index is 13.0. The van der Waals surface area contributed by atoms with Crippen molar-refractivity contribution in [2.24, 2.45) is 0 Å². The summed E-state index contributed by atoms with van der Waals surface area (Å²) >= 11 is 0.